The van der Waals surface area contributed by atoms with Gasteiger partial charge in [0, 0.05) is 43.2 Å². The molecule has 1 aromatic heterocycles. The number of nitrogens with zero attached hydrogens (tertiary/aromatic N) is 4. The summed E-state index contributed by atoms with van der Waals surface area (Å²) in [6, 6.07) is 12.8. The Labute approximate surface area is 313 Å². The summed E-state index contributed by atoms with van der Waals surface area (Å²) in [5.41, 5.74) is 2.77. The number of amidine groups is 1. The van der Waals surface area contributed by atoms with Crippen molar-refractivity contribution in [2.24, 2.45) is 22.7 Å². The molecule has 2 amide bonds. The SMILES string of the molecule is CCCCC1=NC2(CCN(C(=O)C3C[C@H]4CC[C@@H](C3)C4)CC2)C(=O)N1Cc1ccc(-c2ccccc2S(=O)(=O)Nc2noc(C)c2C)c(COCC)c1. The van der Waals surface area contributed by atoms with Gasteiger partial charge in [-0.1, -0.05) is 67.7 Å². The number of aliphatic imine (C=N–C) groups is 1. The van der Waals surface area contributed by atoms with Crippen LogP contribution in [-0.4, -0.2) is 66.3 Å². The van der Waals surface area contributed by atoms with E-state index in [2.05, 4.69) is 16.8 Å². The highest BCUT2D eigenvalue weighted by molar-refractivity contribution is 7.92. The molecular weight excluding hydrogens is 691 g/mol. The van der Waals surface area contributed by atoms with Gasteiger partial charge in [0.25, 0.3) is 15.9 Å². The average molecular weight is 744 g/mol. The number of likely N-dealkylation sites (tertiary alicyclic amines) is 1. The van der Waals surface area contributed by atoms with Crippen molar-refractivity contribution in [2.45, 2.75) is 115 Å². The third kappa shape index (κ3) is 7.54. The number of anilines is 1. The lowest BCUT2D eigenvalue weighted by atomic mass is 9.79. The van der Waals surface area contributed by atoms with Crippen LogP contribution in [0.15, 0.2) is 56.9 Å². The minimum absolute atomic E-state index is 0.0164. The Kier molecular flexibility index (Phi) is 10.8. The van der Waals surface area contributed by atoms with Crippen LogP contribution in [0.2, 0.25) is 0 Å². The van der Waals surface area contributed by atoms with Gasteiger partial charge in [-0.2, -0.15) is 0 Å². The normalized spacial score (nSPS) is 22.5. The third-order valence-electron chi connectivity index (χ3n) is 12.0. The number of rotatable bonds is 13. The molecule has 1 N–H and O–H groups in total. The van der Waals surface area contributed by atoms with Crippen molar-refractivity contribution in [2.75, 3.05) is 24.4 Å². The van der Waals surface area contributed by atoms with E-state index >= 15 is 0 Å². The molecule has 1 spiro atoms. The topological polar surface area (TPSA) is 134 Å². The van der Waals surface area contributed by atoms with Crippen LogP contribution in [0.4, 0.5) is 5.82 Å². The molecule has 2 bridgehead atoms. The van der Waals surface area contributed by atoms with Gasteiger partial charge in [-0.25, -0.2) is 8.42 Å². The molecule has 3 heterocycles. The van der Waals surface area contributed by atoms with Crippen molar-refractivity contribution in [3.05, 3.63) is 64.9 Å². The number of fused-ring (bicyclic) bond motifs is 2. The monoisotopic (exact) mass is 743 g/mol. The second-order valence-electron chi connectivity index (χ2n) is 15.5. The van der Waals surface area contributed by atoms with Crippen molar-refractivity contribution in [1.29, 1.82) is 0 Å². The number of sulfonamides is 1. The molecule has 3 atom stereocenters. The van der Waals surface area contributed by atoms with Crippen molar-refractivity contribution in [1.82, 2.24) is 15.0 Å². The smallest absolute Gasteiger partial charge is 0.263 e. The van der Waals surface area contributed by atoms with Crippen LogP contribution in [-0.2, 0) is 37.5 Å². The Morgan fingerprint density at radius 1 is 1.02 bits per heavy atom. The van der Waals surface area contributed by atoms with Gasteiger partial charge in [-0.15, -0.1) is 0 Å². The lowest BCUT2D eigenvalue weighted by Gasteiger charge is -2.39. The standard InChI is InChI=1S/C41H53N5O6S/c1-5-7-12-37-42-41(17-19-45(20-18-41)39(47)32-22-29-13-14-30(21-29)23-32)40(48)46(37)25-31-15-16-34(33(24-31)26-51-6-2)35-10-8-9-11-36(35)53(49,50)44-38-27(3)28(4)52-43-38/h8-11,15-16,24,29-30,32H,5-7,12-14,17-23,25-26H2,1-4H3,(H,43,44)/t29-,30+,32?. The number of benzene rings is 2. The Hall–Kier alpha value is -4.03. The summed E-state index contributed by atoms with van der Waals surface area (Å²) in [5, 5.41) is 3.90. The fourth-order valence-corrected chi connectivity index (χ4v) is 10.2. The predicted molar refractivity (Wildman–Crippen MR) is 204 cm³/mol. The first kappa shape index (κ1) is 37.3. The summed E-state index contributed by atoms with van der Waals surface area (Å²) in [6.07, 6.45) is 9.59. The van der Waals surface area contributed by atoms with Crippen molar-refractivity contribution in [3.63, 3.8) is 0 Å². The molecule has 4 aliphatic rings. The van der Waals surface area contributed by atoms with Crippen LogP contribution in [0, 0.1) is 31.6 Å². The zero-order valence-electron chi connectivity index (χ0n) is 31.5. The number of ether oxygens (including phenoxy) is 1. The Morgan fingerprint density at radius 3 is 2.43 bits per heavy atom. The van der Waals surface area contributed by atoms with Crippen molar-refractivity contribution >= 4 is 33.5 Å². The molecule has 2 aliphatic carbocycles. The molecule has 3 aromatic rings. The number of unbranched alkanes of at least 4 members (excludes halogenated alkanes) is 1. The highest BCUT2D eigenvalue weighted by atomic mass is 32.2. The molecule has 11 nitrogen and oxygen atoms in total. The minimum Gasteiger partial charge on any atom is -0.377 e. The van der Waals surface area contributed by atoms with E-state index in [1.165, 1.54) is 19.3 Å². The fourth-order valence-electron chi connectivity index (χ4n) is 8.94. The Morgan fingerprint density at radius 2 is 1.75 bits per heavy atom. The van der Waals surface area contributed by atoms with Gasteiger partial charge in [-0.3, -0.25) is 24.2 Å². The van der Waals surface area contributed by atoms with E-state index in [-0.39, 0.29) is 35.1 Å². The van der Waals surface area contributed by atoms with E-state index in [9.17, 15) is 18.0 Å². The maximum absolute atomic E-state index is 14.4. The Balaban J connectivity index is 1.12. The summed E-state index contributed by atoms with van der Waals surface area (Å²) in [4.78, 5) is 37.2. The van der Waals surface area contributed by atoms with Gasteiger partial charge in [0.1, 0.15) is 17.1 Å². The second-order valence-corrected chi connectivity index (χ2v) is 17.2. The van der Waals surface area contributed by atoms with Crippen molar-refractivity contribution < 1.29 is 27.3 Å². The number of carbonyl (C=O) groups excluding carboxylic acids is 2. The van der Waals surface area contributed by atoms with E-state index in [0.29, 0.717) is 74.2 Å². The maximum atomic E-state index is 14.4. The van der Waals surface area contributed by atoms with E-state index in [1.54, 1.807) is 32.0 Å². The summed E-state index contributed by atoms with van der Waals surface area (Å²) in [7, 11) is -4.03. The molecule has 0 radical (unpaired) electrons. The highest BCUT2D eigenvalue weighted by Crippen LogP contribution is 2.46. The number of aryl methyl sites for hydroxylation is 1. The van der Waals surface area contributed by atoms with Gasteiger partial charge in [-0.05, 0) is 93.9 Å². The second kappa shape index (κ2) is 15.4. The summed E-state index contributed by atoms with van der Waals surface area (Å²) in [6.45, 7) is 9.78. The fraction of sp³-hybridized carbons (Fsp3) is 0.561. The number of amides is 2. The first-order chi connectivity index (χ1) is 25.5. The largest absolute Gasteiger partial charge is 0.377 e. The van der Waals surface area contributed by atoms with Crippen LogP contribution in [0.3, 0.4) is 0 Å². The summed E-state index contributed by atoms with van der Waals surface area (Å²) < 4.78 is 41.2. The van der Waals surface area contributed by atoms with Gasteiger partial charge in [0.15, 0.2) is 5.82 Å². The average Bonchev–Trinajstić information content (AvgIpc) is 3.76. The molecule has 53 heavy (non-hydrogen) atoms. The van der Waals surface area contributed by atoms with E-state index in [1.807, 2.05) is 41.0 Å². The summed E-state index contributed by atoms with van der Waals surface area (Å²) in [5.74, 6) is 3.35. The molecule has 2 saturated carbocycles. The highest BCUT2D eigenvalue weighted by Gasteiger charge is 2.50. The summed E-state index contributed by atoms with van der Waals surface area (Å²) >= 11 is 0. The van der Waals surface area contributed by atoms with E-state index in [4.69, 9.17) is 14.3 Å². The lowest BCUT2D eigenvalue weighted by molar-refractivity contribution is -0.142. The molecule has 1 saturated heterocycles. The van der Waals surface area contributed by atoms with Gasteiger partial charge < -0.3 is 14.2 Å². The Bertz CT molecular complexity index is 1970. The van der Waals surface area contributed by atoms with Gasteiger partial charge in [0.05, 0.1) is 18.0 Å². The molecule has 284 valence electrons. The van der Waals surface area contributed by atoms with Crippen LogP contribution < -0.4 is 4.72 Å². The minimum atomic E-state index is -4.03. The molecular formula is C41H53N5O6S. The van der Waals surface area contributed by atoms with E-state index in [0.717, 1.165) is 48.2 Å². The number of carbonyl (C=O) groups is 2. The zero-order valence-corrected chi connectivity index (χ0v) is 32.3. The number of aromatic nitrogens is 1. The van der Waals surface area contributed by atoms with Crippen LogP contribution in [0.5, 0.6) is 0 Å². The number of hydrogen-bond acceptors (Lipinski definition) is 8. The quantitative estimate of drug-likeness (QED) is 0.193. The third-order valence-corrected chi connectivity index (χ3v) is 13.4. The number of hydrogen-bond donors (Lipinski definition) is 1. The van der Waals surface area contributed by atoms with Crippen LogP contribution in [0.1, 0.15) is 101 Å². The zero-order chi connectivity index (χ0) is 37.3. The maximum Gasteiger partial charge on any atom is 0.263 e. The number of piperidine rings is 1. The van der Waals surface area contributed by atoms with Gasteiger partial charge in [0.2, 0.25) is 5.91 Å². The first-order valence-corrected chi connectivity index (χ1v) is 20.9. The first-order valence-electron chi connectivity index (χ1n) is 19.5. The van der Waals surface area contributed by atoms with E-state index < -0.39 is 15.6 Å². The molecule has 7 rings (SSSR count). The molecule has 12 heteroatoms. The molecule has 1 unspecified atom stereocenters. The molecule has 2 aliphatic heterocycles. The molecule has 3 fully saturated rings. The predicted octanol–water partition coefficient (Wildman–Crippen LogP) is 7.41. The number of nitrogens with one attached hydrogen (secondary N) is 1. The van der Waals surface area contributed by atoms with Gasteiger partial charge >= 0.3 is 0 Å². The van der Waals surface area contributed by atoms with Crippen LogP contribution in [0.25, 0.3) is 11.1 Å². The van der Waals surface area contributed by atoms with Crippen molar-refractivity contribution in [3.8, 4) is 11.1 Å². The van der Waals surface area contributed by atoms with Crippen LogP contribution >= 0.6 is 0 Å². The lowest BCUT2D eigenvalue weighted by Crippen LogP contribution is -2.52. The molecule has 2 aromatic carbocycles.